The molecule has 0 saturated heterocycles. The lowest BCUT2D eigenvalue weighted by molar-refractivity contribution is 0.215. The maximum absolute atomic E-state index is 2.78. The largest absolute Gasteiger partial charge is 0.334 e. The Kier molecular flexibility index (Phi) is 9.30. The zero-order valence-corrected chi connectivity index (χ0v) is 40.3. The first-order valence-electron chi connectivity index (χ1n) is 24.2. The van der Waals surface area contributed by atoms with E-state index >= 15 is 0 Å². The highest BCUT2D eigenvalue weighted by molar-refractivity contribution is 7.00. The van der Waals surface area contributed by atoms with Crippen LogP contribution in [0.4, 0.5) is 45.5 Å². The molecule has 0 bridgehead atoms. The molecule has 3 nitrogen and oxygen atoms in total. The van der Waals surface area contributed by atoms with Crippen LogP contribution in [0, 0.1) is 0 Å². The maximum atomic E-state index is 2.78. The van der Waals surface area contributed by atoms with Crippen molar-refractivity contribution < 1.29 is 0 Å². The highest BCUT2D eigenvalue weighted by atomic mass is 15.3. The van der Waals surface area contributed by atoms with Crippen LogP contribution in [-0.2, 0) is 21.7 Å². The van der Waals surface area contributed by atoms with Crippen molar-refractivity contribution in [3.63, 3.8) is 0 Å². The van der Waals surface area contributed by atoms with Crippen LogP contribution >= 0.6 is 0 Å². The summed E-state index contributed by atoms with van der Waals surface area (Å²) in [6.07, 6.45) is 4.68. The lowest BCUT2D eigenvalue weighted by atomic mass is 9.33. The molecule has 1 aliphatic carbocycles. The summed E-state index contributed by atoms with van der Waals surface area (Å²) in [5.41, 5.74) is 20.7. The van der Waals surface area contributed by atoms with Crippen molar-refractivity contribution in [1.82, 2.24) is 0 Å². The standard InChI is InChI=1S/C61H64BN3/c1-57(2,3)41-26-28-43(29-27-41)61-37-19-18-36-60(61,10)65(51-24-16-14-22-48(51)61)47-34-35-50-53(40-47)64(46-32-30-42(31-33-46)58(4,5)6)55-39-44(59(7,8)9)38-54-56(55)62(50)49-23-15-17-25-52(49)63(54)45-20-12-11-13-21-45/h11-17,20-35,38-40H,18-19,36-37H2,1-10H3. The Labute approximate surface area is 389 Å². The minimum absolute atomic E-state index is 0.0416. The van der Waals surface area contributed by atoms with Gasteiger partial charge in [-0.15, -0.1) is 0 Å². The van der Waals surface area contributed by atoms with Crippen LogP contribution in [0.25, 0.3) is 0 Å². The van der Waals surface area contributed by atoms with E-state index < -0.39 is 0 Å². The molecule has 4 heteroatoms. The monoisotopic (exact) mass is 850 g/mol. The molecule has 65 heavy (non-hydrogen) atoms. The Morgan fingerprint density at radius 3 is 1.58 bits per heavy atom. The Bertz CT molecular complexity index is 2970. The molecule has 0 amide bonds. The third-order valence-corrected chi connectivity index (χ3v) is 15.8. The van der Waals surface area contributed by atoms with Crippen LogP contribution in [0.15, 0.2) is 158 Å². The van der Waals surface area contributed by atoms with Crippen molar-refractivity contribution in [2.75, 3.05) is 14.7 Å². The highest BCUT2D eigenvalue weighted by Gasteiger charge is 2.61. The molecule has 2 atom stereocenters. The van der Waals surface area contributed by atoms with E-state index in [4.69, 9.17) is 0 Å². The van der Waals surface area contributed by atoms with Gasteiger partial charge >= 0.3 is 0 Å². The number of hydrogen-bond acceptors (Lipinski definition) is 3. The summed E-state index contributed by atoms with van der Waals surface area (Å²) in [6, 6.07) is 61.3. The van der Waals surface area contributed by atoms with Crippen molar-refractivity contribution in [1.29, 1.82) is 0 Å². The minimum Gasteiger partial charge on any atom is -0.334 e. The fourth-order valence-electron chi connectivity index (χ4n) is 12.4. The van der Waals surface area contributed by atoms with Crippen molar-refractivity contribution >= 4 is 68.6 Å². The summed E-state index contributed by atoms with van der Waals surface area (Å²) in [4.78, 5) is 7.92. The topological polar surface area (TPSA) is 9.72 Å². The van der Waals surface area contributed by atoms with Crippen LogP contribution in [-0.4, -0.2) is 12.3 Å². The summed E-state index contributed by atoms with van der Waals surface area (Å²) in [7, 11) is 0. The van der Waals surface area contributed by atoms with Crippen LogP contribution < -0.4 is 31.1 Å². The second kappa shape index (κ2) is 14.5. The van der Waals surface area contributed by atoms with Gasteiger partial charge in [0.2, 0.25) is 0 Å². The van der Waals surface area contributed by atoms with Crippen molar-refractivity contribution in [2.24, 2.45) is 0 Å². The molecule has 0 spiro atoms. The molecule has 2 unspecified atom stereocenters. The van der Waals surface area contributed by atoms with Gasteiger partial charge in [-0.1, -0.05) is 172 Å². The van der Waals surface area contributed by atoms with Gasteiger partial charge < -0.3 is 14.7 Å². The molecule has 0 N–H and O–H groups in total. The Morgan fingerprint density at radius 1 is 0.431 bits per heavy atom. The summed E-state index contributed by atoms with van der Waals surface area (Å²) in [5.74, 6) is 0. The Morgan fingerprint density at radius 2 is 0.938 bits per heavy atom. The van der Waals surface area contributed by atoms with Crippen LogP contribution in [0.5, 0.6) is 0 Å². The third kappa shape index (κ3) is 6.22. The van der Waals surface area contributed by atoms with Crippen molar-refractivity contribution in [2.45, 2.75) is 122 Å². The predicted molar refractivity (Wildman–Crippen MR) is 279 cm³/mol. The van der Waals surface area contributed by atoms with Crippen LogP contribution in [0.3, 0.4) is 0 Å². The Hall–Kier alpha value is -6.00. The summed E-state index contributed by atoms with van der Waals surface area (Å²) < 4.78 is 0. The zero-order chi connectivity index (χ0) is 45.3. The molecule has 4 aliphatic rings. The van der Waals surface area contributed by atoms with Gasteiger partial charge in [-0.3, -0.25) is 0 Å². The van der Waals surface area contributed by atoms with Crippen LogP contribution in [0.1, 0.15) is 123 Å². The van der Waals surface area contributed by atoms with E-state index in [1.807, 2.05) is 0 Å². The quantitative estimate of drug-likeness (QED) is 0.163. The number of fused-ring (bicyclic) bond motifs is 7. The number of anilines is 8. The molecule has 3 aliphatic heterocycles. The van der Waals surface area contributed by atoms with E-state index in [0.29, 0.717) is 0 Å². The van der Waals surface area contributed by atoms with Crippen molar-refractivity contribution in [3.8, 4) is 0 Å². The lowest BCUT2D eigenvalue weighted by Crippen LogP contribution is -2.61. The highest BCUT2D eigenvalue weighted by Crippen LogP contribution is 2.64. The fourth-order valence-corrected chi connectivity index (χ4v) is 12.4. The third-order valence-electron chi connectivity index (χ3n) is 15.8. The molecule has 7 aromatic carbocycles. The first-order valence-corrected chi connectivity index (χ1v) is 24.2. The van der Waals surface area contributed by atoms with Gasteiger partial charge in [-0.05, 0) is 141 Å². The van der Waals surface area contributed by atoms with E-state index in [1.54, 1.807) is 0 Å². The smallest absolute Gasteiger partial charge is 0.252 e. The molecule has 1 saturated carbocycles. The van der Waals surface area contributed by atoms with E-state index in [-0.39, 0.29) is 33.9 Å². The molecule has 11 rings (SSSR count). The SMILES string of the molecule is CC(C)(C)c1ccc(N2c3cc(N4c5ccccc5C5(c6ccc(C(C)(C)C)cc6)CCCCC45C)ccc3B3c4ccccc4N(c4ccccc4)c4cc(C(C)(C)C)cc2c43)cc1. The average Bonchev–Trinajstić information content (AvgIpc) is 3.53. The number of para-hydroxylation sites is 3. The summed E-state index contributed by atoms with van der Waals surface area (Å²) in [5, 5.41) is 0. The van der Waals surface area contributed by atoms with Crippen LogP contribution in [0.2, 0.25) is 0 Å². The van der Waals surface area contributed by atoms with Gasteiger partial charge in [0.15, 0.2) is 0 Å². The van der Waals surface area contributed by atoms with E-state index in [9.17, 15) is 0 Å². The van der Waals surface area contributed by atoms with E-state index in [2.05, 4.69) is 242 Å². The Balaban J connectivity index is 1.18. The molecule has 3 heterocycles. The molecule has 7 aromatic rings. The number of benzene rings is 7. The normalized spacial score (nSPS) is 19.9. The molecule has 0 aromatic heterocycles. The van der Waals surface area contributed by atoms with E-state index in [0.717, 1.165) is 12.8 Å². The molecule has 0 radical (unpaired) electrons. The van der Waals surface area contributed by atoms with Gasteiger partial charge in [-0.2, -0.15) is 0 Å². The van der Waals surface area contributed by atoms with E-state index in [1.165, 1.54) is 103 Å². The summed E-state index contributed by atoms with van der Waals surface area (Å²) in [6.45, 7) is 23.6. The zero-order valence-electron chi connectivity index (χ0n) is 40.3. The number of nitrogens with zero attached hydrogens (tertiary/aromatic N) is 3. The predicted octanol–water partition coefficient (Wildman–Crippen LogP) is 14.4. The molecular weight excluding hydrogens is 786 g/mol. The molecule has 326 valence electrons. The van der Waals surface area contributed by atoms with Gasteiger partial charge in [-0.25, -0.2) is 0 Å². The lowest BCUT2D eigenvalue weighted by Gasteiger charge is -2.52. The first kappa shape index (κ1) is 41.7. The van der Waals surface area contributed by atoms with Gasteiger partial charge in [0.05, 0.1) is 5.54 Å². The van der Waals surface area contributed by atoms with Gasteiger partial charge in [0.25, 0.3) is 6.71 Å². The number of hydrogen-bond donors (Lipinski definition) is 0. The number of rotatable bonds is 4. The molecular formula is C61H64BN3. The average molecular weight is 850 g/mol. The van der Waals surface area contributed by atoms with Gasteiger partial charge in [0.1, 0.15) is 0 Å². The first-order chi connectivity index (χ1) is 31.0. The van der Waals surface area contributed by atoms with Gasteiger partial charge in [0, 0.05) is 50.9 Å². The van der Waals surface area contributed by atoms with Crippen molar-refractivity contribution in [3.05, 3.63) is 186 Å². The minimum atomic E-state index is -0.182. The molecule has 1 fully saturated rings. The second-order valence-electron chi connectivity index (χ2n) is 22.8. The fraction of sp³-hybridized carbons (Fsp3) is 0.311. The second-order valence-corrected chi connectivity index (χ2v) is 22.8. The summed E-state index contributed by atoms with van der Waals surface area (Å²) >= 11 is 0. The maximum Gasteiger partial charge on any atom is 0.252 e.